The van der Waals surface area contributed by atoms with Gasteiger partial charge in [0.1, 0.15) is 13.2 Å². The van der Waals surface area contributed by atoms with Crippen LogP contribution in [-0.2, 0) is 28.4 Å². The van der Waals surface area contributed by atoms with Gasteiger partial charge in [-0.1, -0.05) is 0 Å². The molecule has 0 saturated heterocycles. The van der Waals surface area contributed by atoms with Crippen molar-refractivity contribution in [3.63, 3.8) is 0 Å². The molecular weight excluding hydrogens is 346 g/mol. The first-order valence-corrected chi connectivity index (χ1v) is 8.37. The van der Waals surface area contributed by atoms with Crippen molar-refractivity contribution in [2.45, 2.75) is 0 Å². The average molecular weight is 369 g/mol. The molecular formula is C17H23NO8. The third-order valence-corrected chi connectivity index (χ3v) is 3.25. The number of rotatable bonds is 0. The van der Waals surface area contributed by atoms with E-state index in [1.165, 1.54) is 18.5 Å². The predicted octanol–water partition coefficient (Wildman–Crippen LogP) is 0.475. The minimum atomic E-state index is -0.585. The molecule has 0 radical (unpaired) electrons. The van der Waals surface area contributed by atoms with E-state index in [0.717, 1.165) is 0 Å². The van der Waals surface area contributed by atoms with Crippen molar-refractivity contribution >= 4 is 11.9 Å². The lowest BCUT2D eigenvalue weighted by atomic mass is 10.2. The topological polar surface area (TPSA) is 102 Å². The van der Waals surface area contributed by atoms with Crippen molar-refractivity contribution in [3.05, 3.63) is 29.6 Å². The molecule has 0 spiro atoms. The van der Waals surface area contributed by atoms with E-state index in [9.17, 15) is 9.59 Å². The lowest BCUT2D eigenvalue weighted by Gasteiger charge is -2.07. The van der Waals surface area contributed by atoms with Crippen LogP contribution in [0.2, 0.25) is 0 Å². The molecule has 0 amide bonds. The minimum absolute atomic E-state index is 0.0912. The number of esters is 2. The van der Waals surface area contributed by atoms with Crippen LogP contribution in [0.15, 0.2) is 18.5 Å². The second kappa shape index (κ2) is 12.3. The Kier molecular flexibility index (Phi) is 9.59. The van der Waals surface area contributed by atoms with Gasteiger partial charge in [-0.15, -0.1) is 0 Å². The van der Waals surface area contributed by atoms with Crippen LogP contribution in [0.4, 0.5) is 0 Å². The van der Waals surface area contributed by atoms with Crippen molar-refractivity contribution in [1.29, 1.82) is 0 Å². The zero-order chi connectivity index (χ0) is 18.5. The van der Waals surface area contributed by atoms with Gasteiger partial charge in [-0.05, 0) is 6.07 Å². The number of nitrogens with zero attached hydrogens (tertiary/aromatic N) is 1. The smallest absolute Gasteiger partial charge is 0.339 e. The van der Waals surface area contributed by atoms with Gasteiger partial charge in [0, 0.05) is 12.4 Å². The number of cyclic esters (lactones) is 2. The van der Waals surface area contributed by atoms with Gasteiger partial charge in [0.15, 0.2) is 0 Å². The highest BCUT2D eigenvalue weighted by Crippen LogP contribution is 2.06. The van der Waals surface area contributed by atoms with Crippen molar-refractivity contribution < 1.29 is 38.0 Å². The van der Waals surface area contributed by atoms with Crippen LogP contribution >= 0.6 is 0 Å². The molecule has 0 saturated carbocycles. The molecule has 2 heterocycles. The summed E-state index contributed by atoms with van der Waals surface area (Å²) in [5.74, 6) is -1.17. The Bertz CT molecular complexity index is 520. The molecule has 0 fully saturated rings. The van der Waals surface area contributed by atoms with Gasteiger partial charge in [-0.25, -0.2) is 9.59 Å². The van der Waals surface area contributed by atoms with Crippen molar-refractivity contribution in [2.24, 2.45) is 0 Å². The summed E-state index contributed by atoms with van der Waals surface area (Å²) in [6, 6.07) is 1.38. The summed E-state index contributed by atoms with van der Waals surface area (Å²) in [6.45, 7) is 3.24. The fourth-order valence-electron chi connectivity index (χ4n) is 1.98. The zero-order valence-corrected chi connectivity index (χ0v) is 14.5. The second-order valence-corrected chi connectivity index (χ2v) is 5.18. The molecule has 0 atom stereocenters. The summed E-state index contributed by atoms with van der Waals surface area (Å²) in [4.78, 5) is 27.8. The molecule has 0 unspecified atom stereocenters. The maximum atomic E-state index is 12.0. The number of hydrogen-bond acceptors (Lipinski definition) is 9. The third kappa shape index (κ3) is 7.87. The van der Waals surface area contributed by atoms with Gasteiger partial charge < -0.3 is 28.4 Å². The highest BCUT2D eigenvalue weighted by atomic mass is 16.6. The molecule has 0 aromatic carbocycles. The van der Waals surface area contributed by atoms with Gasteiger partial charge in [0.05, 0.1) is 64.0 Å². The van der Waals surface area contributed by atoms with E-state index in [1.54, 1.807) is 0 Å². The average Bonchev–Trinajstić information content (AvgIpc) is 2.66. The monoisotopic (exact) mass is 369 g/mol. The van der Waals surface area contributed by atoms with E-state index in [0.29, 0.717) is 39.6 Å². The standard InChI is InChI=1S/C17H23NO8/c19-16-14-11-15(13-18-12-14)17(20)26-10-8-24-6-4-22-2-1-21-3-5-23-7-9-25-16/h11-13H,1-10H2. The summed E-state index contributed by atoms with van der Waals surface area (Å²) in [7, 11) is 0. The Hall–Kier alpha value is -2.07. The molecule has 9 nitrogen and oxygen atoms in total. The molecule has 2 bridgehead atoms. The van der Waals surface area contributed by atoms with E-state index < -0.39 is 11.9 Å². The Morgan fingerprint density at radius 1 is 0.577 bits per heavy atom. The van der Waals surface area contributed by atoms with E-state index in [2.05, 4.69) is 4.98 Å². The number of carbonyl (C=O) groups is 2. The van der Waals surface area contributed by atoms with Crippen LogP contribution in [0.5, 0.6) is 0 Å². The summed E-state index contributed by atoms with van der Waals surface area (Å²) in [5.41, 5.74) is 0.337. The first kappa shape index (κ1) is 20.2. The number of fused-ring (bicyclic) bond motifs is 2. The Labute approximate surface area is 151 Å². The molecule has 2 rings (SSSR count). The van der Waals surface area contributed by atoms with Crippen molar-refractivity contribution in [2.75, 3.05) is 66.1 Å². The van der Waals surface area contributed by atoms with Crippen LogP contribution in [0.3, 0.4) is 0 Å². The Morgan fingerprint density at radius 3 is 1.31 bits per heavy atom. The molecule has 1 aromatic rings. The van der Waals surface area contributed by atoms with Crippen LogP contribution in [0.25, 0.3) is 0 Å². The maximum Gasteiger partial charge on any atom is 0.339 e. The number of carbonyl (C=O) groups excluding carboxylic acids is 2. The number of aromatic nitrogens is 1. The molecule has 0 N–H and O–H groups in total. The van der Waals surface area contributed by atoms with Gasteiger partial charge in [-0.2, -0.15) is 0 Å². The maximum absolute atomic E-state index is 12.0. The Balaban J connectivity index is 1.87. The molecule has 26 heavy (non-hydrogen) atoms. The molecule has 1 aromatic heterocycles. The van der Waals surface area contributed by atoms with Crippen molar-refractivity contribution in [1.82, 2.24) is 4.98 Å². The third-order valence-electron chi connectivity index (χ3n) is 3.25. The van der Waals surface area contributed by atoms with Gasteiger partial charge in [0.25, 0.3) is 0 Å². The van der Waals surface area contributed by atoms with E-state index in [-0.39, 0.29) is 37.6 Å². The van der Waals surface area contributed by atoms with Gasteiger partial charge in [-0.3, -0.25) is 4.98 Å². The van der Waals surface area contributed by atoms with Gasteiger partial charge >= 0.3 is 11.9 Å². The highest BCUT2D eigenvalue weighted by Gasteiger charge is 2.13. The summed E-state index contributed by atoms with van der Waals surface area (Å²) < 4.78 is 31.4. The number of pyridine rings is 1. The van der Waals surface area contributed by atoms with Gasteiger partial charge in [0.2, 0.25) is 0 Å². The summed E-state index contributed by atoms with van der Waals surface area (Å²) in [5, 5.41) is 0. The fourth-order valence-corrected chi connectivity index (χ4v) is 1.98. The quantitative estimate of drug-likeness (QED) is 0.604. The SMILES string of the molecule is O=C1OCCOCCOCCOCCOCCOC(=O)c2cncc1c2. The second-order valence-electron chi connectivity index (χ2n) is 5.18. The fraction of sp³-hybridized carbons (Fsp3) is 0.588. The molecule has 1 aliphatic rings. The lowest BCUT2D eigenvalue weighted by molar-refractivity contribution is -0.0134. The molecule has 144 valence electrons. The first-order valence-electron chi connectivity index (χ1n) is 8.37. The molecule has 1 aliphatic heterocycles. The number of ether oxygens (including phenoxy) is 6. The summed E-state index contributed by atoms with van der Waals surface area (Å²) >= 11 is 0. The zero-order valence-electron chi connectivity index (χ0n) is 14.5. The van der Waals surface area contributed by atoms with Crippen LogP contribution < -0.4 is 0 Å². The van der Waals surface area contributed by atoms with Crippen LogP contribution in [-0.4, -0.2) is 83.0 Å². The van der Waals surface area contributed by atoms with Crippen molar-refractivity contribution in [3.8, 4) is 0 Å². The first-order chi connectivity index (χ1) is 12.8. The molecule has 9 heteroatoms. The largest absolute Gasteiger partial charge is 0.460 e. The number of hydrogen-bond donors (Lipinski definition) is 0. The normalized spacial score (nSPS) is 19.7. The molecule has 0 aliphatic carbocycles. The lowest BCUT2D eigenvalue weighted by Crippen LogP contribution is -2.15. The summed E-state index contributed by atoms with van der Waals surface area (Å²) in [6.07, 6.45) is 2.65. The van der Waals surface area contributed by atoms with Crippen LogP contribution in [0, 0.1) is 0 Å². The predicted molar refractivity (Wildman–Crippen MR) is 88.1 cm³/mol. The highest BCUT2D eigenvalue weighted by molar-refractivity contribution is 5.94. The van der Waals surface area contributed by atoms with E-state index in [1.807, 2.05) is 0 Å². The van der Waals surface area contributed by atoms with E-state index >= 15 is 0 Å². The van der Waals surface area contributed by atoms with E-state index in [4.69, 9.17) is 28.4 Å². The minimum Gasteiger partial charge on any atom is -0.460 e. The Morgan fingerprint density at radius 2 is 0.923 bits per heavy atom. The van der Waals surface area contributed by atoms with Crippen LogP contribution in [0.1, 0.15) is 20.7 Å².